The van der Waals surface area contributed by atoms with Crippen molar-refractivity contribution in [3.8, 4) is 0 Å². The van der Waals surface area contributed by atoms with Gasteiger partial charge in [0.2, 0.25) is 0 Å². The fourth-order valence-corrected chi connectivity index (χ4v) is 3.69. The molecule has 0 radical (unpaired) electrons. The van der Waals surface area contributed by atoms with Gasteiger partial charge in [-0.15, -0.1) is 11.8 Å². The van der Waals surface area contributed by atoms with Gasteiger partial charge >= 0.3 is 0 Å². The van der Waals surface area contributed by atoms with Crippen LogP contribution in [0.3, 0.4) is 0 Å². The van der Waals surface area contributed by atoms with Gasteiger partial charge in [-0.25, -0.2) is 0 Å². The number of thioether (sulfide) groups is 1. The Labute approximate surface area is 126 Å². The molecule has 0 aromatic heterocycles. The molecule has 1 aliphatic rings. The minimum atomic E-state index is 0.0555. The smallest absolute Gasteiger partial charge is 0.109 e. The van der Waals surface area contributed by atoms with Gasteiger partial charge in [-0.1, -0.05) is 58.4 Å². The van der Waals surface area contributed by atoms with Gasteiger partial charge in [0.1, 0.15) is 6.10 Å². The Bertz CT molecular complexity index is 523. The molecule has 0 aliphatic carbocycles. The van der Waals surface area contributed by atoms with Gasteiger partial charge in [0.15, 0.2) is 0 Å². The van der Waals surface area contributed by atoms with Crippen LogP contribution in [0.15, 0.2) is 53.4 Å². The second-order valence-corrected chi connectivity index (χ2v) is 6.28. The average Bonchev–Trinajstić information content (AvgIpc) is 2.62. The quantitative estimate of drug-likeness (QED) is 0.746. The zero-order chi connectivity index (χ0) is 13.1. The lowest BCUT2D eigenvalue weighted by atomic mass is 9.97. The Hall–Kier alpha value is -0.770. The molecule has 0 saturated heterocycles. The zero-order valence-corrected chi connectivity index (χ0v) is 12.9. The Morgan fingerprint density at radius 2 is 1.79 bits per heavy atom. The van der Waals surface area contributed by atoms with Crippen molar-refractivity contribution in [2.75, 3.05) is 11.9 Å². The third-order valence-corrected chi connectivity index (χ3v) is 4.75. The fourth-order valence-electron chi connectivity index (χ4n) is 2.41. The summed E-state index contributed by atoms with van der Waals surface area (Å²) in [7, 11) is 0. The summed E-state index contributed by atoms with van der Waals surface area (Å²) in [5.74, 6) is 1.02. The minimum Gasteiger partial charge on any atom is -0.368 e. The molecule has 2 aromatic rings. The molecule has 0 N–H and O–H groups in total. The molecule has 3 rings (SSSR count). The van der Waals surface area contributed by atoms with Crippen molar-refractivity contribution >= 4 is 27.7 Å². The van der Waals surface area contributed by atoms with E-state index in [-0.39, 0.29) is 6.10 Å². The first-order valence-corrected chi connectivity index (χ1v) is 8.48. The lowest BCUT2D eigenvalue weighted by Crippen LogP contribution is -2.09. The summed E-state index contributed by atoms with van der Waals surface area (Å²) in [6, 6.07) is 17.2. The minimum absolute atomic E-state index is 0.0555. The summed E-state index contributed by atoms with van der Waals surface area (Å²) >= 11 is 5.34. The molecule has 0 saturated carbocycles. The molecule has 0 fully saturated rings. The lowest BCUT2D eigenvalue weighted by molar-refractivity contribution is 0.0921. The Morgan fingerprint density at radius 3 is 2.63 bits per heavy atom. The summed E-state index contributed by atoms with van der Waals surface area (Å²) in [4.78, 5) is 1.33. The number of ether oxygens (including phenoxy) is 1. The monoisotopic (exact) mass is 334 g/mol. The first-order chi connectivity index (χ1) is 9.40. The molecule has 98 valence electrons. The van der Waals surface area contributed by atoms with Gasteiger partial charge in [0.05, 0.1) is 6.61 Å². The van der Waals surface area contributed by atoms with Gasteiger partial charge in [0, 0.05) is 16.0 Å². The summed E-state index contributed by atoms with van der Waals surface area (Å²) in [6.07, 6.45) is 0.0555. The third kappa shape index (κ3) is 2.73. The van der Waals surface area contributed by atoms with E-state index in [9.17, 15) is 0 Å². The molecule has 0 unspecified atom stereocenters. The van der Waals surface area contributed by atoms with Crippen LogP contribution in [0.25, 0.3) is 0 Å². The summed E-state index contributed by atoms with van der Waals surface area (Å²) < 4.78 is 6.10. The fraction of sp³-hybridized carbons (Fsp3) is 0.250. The molecule has 1 heterocycles. The van der Waals surface area contributed by atoms with Crippen LogP contribution in [0.4, 0.5) is 0 Å². The Balaban J connectivity index is 2.08. The number of halogens is 1. The van der Waals surface area contributed by atoms with Crippen LogP contribution in [0.2, 0.25) is 0 Å². The number of hydrogen-bond acceptors (Lipinski definition) is 2. The SMILES string of the molecule is BrCCO[C@H]1c2ccccc2CSc2ccccc21. The molecule has 0 bridgehead atoms. The molecule has 1 nitrogen and oxygen atoms in total. The predicted molar refractivity (Wildman–Crippen MR) is 84.0 cm³/mol. The maximum atomic E-state index is 6.10. The van der Waals surface area contributed by atoms with Crippen LogP contribution in [0.1, 0.15) is 22.8 Å². The van der Waals surface area contributed by atoms with E-state index in [0.717, 1.165) is 17.7 Å². The molecular formula is C16H15BrOS. The highest BCUT2D eigenvalue weighted by Crippen LogP contribution is 2.40. The van der Waals surface area contributed by atoms with Crippen molar-refractivity contribution in [2.45, 2.75) is 16.8 Å². The average molecular weight is 335 g/mol. The molecule has 0 spiro atoms. The zero-order valence-electron chi connectivity index (χ0n) is 10.5. The van der Waals surface area contributed by atoms with Crippen LogP contribution in [0, 0.1) is 0 Å². The first kappa shape index (κ1) is 13.2. The Morgan fingerprint density at radius 1 is 1.05 bits per heavy atom. The van der Waals surface area contributed by atoms with Crippen molar-refractivity contribution < 1.29 is 4.74 Å². The molecule has 0 amide bonds. The van der Waals surface area contributed by atoms with Crippen LogP contribution in [-0.2, 0) is 10.5 Å². The van der Waals surface area contributed by atoms with Crippen LogP contribution >= 0.6 is 27.7 Å². The number of rotatable bonds is 3. The molecule has 1 aliphatic heterocycles. The van der Waals surface area contributed by atoms with E-state index >= 15 is 0 Å². The number of alkyl halides is 1. The number of fused-ring (bicyclic) bond motifs is 2. The summed E-state index contributed by atoms with van der Waals surface area (Å²) in [6.45, 7) is 0.720. The van der Waals surface area contributed by atoms with Crippen molar-refractivity contribution in [1.82, 2.24) is 0 Å². The second kappa shape index (κ2) is 6.12. The van der Waals surface area contributed by atoms with E-state index in [2.05, 4.69) is 64.5 Å². The van der Waals surface area contributed by atoms with E-state index in [1.54, 1.807) is 0 Å². The number of benzene rings is 2. The van der Waals surface area contributed by atoms with E-state index in [4.69, 9.17) is 4.74 Å². The van der Waals surface area contributed by atoms with Crippen molar-refractivity contribution in [1.29, 1.82) is 0 Å². The van der Waals surface area contributed by atoms with Gasteiger partial charge in [-0.3, -0.25) is 0 Å². The maximum Gasteiger partial charge on any atom is 0.109 e. The van der Waals surface area contributed by atoms with Gasteiger partial charge in [-0.2, -0.15) is 0 Å². The van der Waals surface area contributed by atoms with E-state index in [1.165, 1.54) is 21.6 Å². The van der Waals surface area contributed by atoms with E-state index in [0.29, 0.717) is 0 Å². The topological polar surface area (TPSA) is 9.23 Å². The summed E-state index contributed by atoms with van der Waals surface area (Å²) in [5.41, 5.74) is 3.97. The van der Waals surface area contributed by atoms with E-state index < -0.39 is 0 Å². The van der Waals surface area contributed by atoms with Gasteiger partial charge < -0.3 is 4.74 Å². The van der Waals surface area contributed by atoms with Crippen molar-refractivity contribution in [2.24, 2.45) is 0 Å². The molecule has 2 aromatic carbocycles. The van der Waals surface area contributed by atoms with Crippen molar-refractivity contribution in [3.63, 3.8) is 0 Å². The normalized spacial score (nSPS) is 17.4. The third-order valence-electron chi connectivity index (χ3n) is 3.28. The van der Waals surface area contributed by atoms with E-state index in [1.807, 2.05) is 11.8 Å². The second-order valence-electron chi connectivity index (χ2n) is 4.47. The van der Waals surface area contributed by atoms with Gasteiger partial charge in [0.25, 0.3) is 0 Å². The Kier molecular flexibility index (Phi) is 4.26. The largest absolute Gasteiger partial charge is 0.368 e. The molecule has 19 heavy (non-hydrogen) atoms. The lowest BCUT2D eigenvalue weighted by Gasteiger charge is -2.20. The highest BCUT2D eigenvalue weighted by atomic mass is 79.9. The van der Waals surface area contributed by atoms with Crippen LogP contribution in [-0.4, -0.2) is 11.9 Å². The van der Waals surface area contributed by atoms with Crippen LogP contribution in [0.5, 0.6) is 0 Å². The molecule has 1 atom stereocenters. The van der Waals surface area contributed by atoms with Crippen LogP contribution < -0.4 is 0 Å². The maximum absolute atomic E-state index is 6.10. The number of hydrogen-bond donors (Lipinski definition) is 0. The highest BCUT2D eigenvalue weighted by molar-refractivity contribution is 9.09. The standard InChI is InChI=1S/C16H15BrOS/c17-9-10-18-16-13-6-2-1-5-12(13)11-19-15-8-4-3-7-14(15)16/h1-8,16H,9-11H2/t16-/m0/s1. The van der Waals surface area contributed by atoms with Gasteiger partial charge in [-0.05, 0) is 22.8 Å². The predicted octanol–water partition coefficient (Wildman–Crippen LogP) is 4.79. The first-order valence-electron chi connectivity index (χ1n) is 6.37. The summed E-state index contributed by atoms with van der Waals surface area (Å²) in [5, 5.41) is 0.862. The highest BCUT2D eigenvalue weighted by Gasteiger charge is 2.23. The molecular weight excluding hydrogens is 320 g/mol. The van der Waals surface area contributed by atoms with Crippen molar-refractivity contribution in [3.05, 3.63) is 65.2 Å². The molecule has 3 heteroatoms.